The van der Waals surface area contributed by atoms with Crippen LogP contribution in [0.4, 0.5) is 5.69 Å². The summed E-state index contributed by atoms with van der Waals surface area (Å²) < 4.78 is 7.09. The Kier molecular flexibility index (Phi) is 5.32. The van der Waals surface area contributed by atoms with Crippen molar-refractivity contribution in [3.05, 3.63) is 95.4 Å². The lowest BCUT2D eigenvalue weighted by Gasteiger charge is -2.43. The molecule has 4 aromatic rings. The number of aromatic nitrogens is 2. The van der Waals surface area contributed by atoms with E-state index in [2.05, 4.69) is 10.4 Å². The summed E-state index contributed by atoms with van der Waals surface area (Å²) in [4.78, 5) is 29.2. The van der Waals surface area contributed by atoms with Crippen LogP contribution in [0.5, 0.6) is 0 Å². The molecule has 1 aliphatic rings. The SMILES string of the molecule is Cc1cc(C)cc(N2C(=O)c3cc(-c4ccco4)nn3C[C@@]2(C)C(=O)NCc2ccccc2)c1. The van der Waals surface area contributed by atoms with Gasteiger partial charge in [-0.05, 0) is 61.7 Å². The number of benzene rings is 2. The fraction of sp³-hybridized carbons (Fsp3) is 0.222. The van der Waals surface area contributed by atoms with Gasteiger partial charge in [0.05, 0.1) is 12.8 Å². The molecule has 0 spiro atoms. The van der Waals surface area contributed by atoms with Crippen LogP contribution in [-0.2, 0) is 17.9 Å². The minimum absolute atomic E-state index is 0.211. The number of rotatable bonds is 5. The molecule has 172 valence electrons. The van der Waals surface area contributed by atoms with Crippen molar-refractivity contribution >= 4 is 17.5 Å². The van der Waals surface area contributed by atoms with E-state index < -0.39 is 5.54 Å². The maximum absolute atomic E-state index is 13.9. The molecule has 1 N–H and O–H groups in total. The molecule has 1 atom stereocenters. The molecule has 0 fully saturated rings. The Bertz CT molecular complexity index is 1340. The molecule has 7 nitrogen and oxygen atoms in total. The van der Waals surface area contributed by atoms with E-state index in [1.54, 1.807) is 41.0 Å². The Morgan fingerprint density at radius 1 is 1.06 bits per heavy atom. The summed E-state index contributed by atoms with van der Waals surface area (Å²) in [6.45, 7) is 6.34. The normalized spacial score (nSPS) is 17.5. The largest absolute Gasteiger partial charge is 0.463 e. The zero-order valence-corrected chi connectivity index (χ0v) is 19.4. The van der Waals surface area contributed by atoms with Gasteiger partial charge in [0.2, 0.25) is 5.91 Å². The molecule has 5 rings (SSSR count). The number of hydrogen-bond donors (Lipinski definition) is 1. The number of carbonyl (C=O) groups excluding carboxylic acids is 2. The van der Waals surface area contributed by atoms with Crippen molar-refractivity contribution in [1.82, 2.24) is 15.1 Å². The van der Waals surface area contributed by atoms with Gasteiger partial charge in [0, 0.05) is 18.3 Å². The third-order valence-corrected chi connectivity index (χ3v) is 6.18. The summed E-state index contributed by atoms with van der Waals surface area (Å²) >= 11 is 0. The average Bonchev–Trinajstić information content (AvgIpc) is 3.47. The van der Waals surface area contributed by atoms with E-state index in [4.69, 9.17) is 4.42 Å². The Morgan fingerprint density at radius 2 is 1.79 bits per heavy atom. The van der Waals surface area contributed by atoms with Gasteiger partial charge in [-0.3, -0.25) is 19.2 Å². The molecule has 3 heterocycles. The van der Waals surface area contributed by atoms with Crippen LogP contribution in [-0.4, -0.2) is 27.1 Å². The van der Waals surface area contributed by atoms with Gasteiger partial charge in [0.1, 0.15) is 16.9 Å². The monoisotopic (exact) mass is 454 g/mol. The molecule has 1 aliphatic heterocycles. The zero-order valence-electron chi connectivity index (χ0n) is 19.4. The van der Waals surface area contributed by atoms with Crippen molar-refractivity contribution in [2.24, 2.45) is 0 Å². The number of nitrogens with one attached hydrogen (secondary N) is 1. The van der Waals surface area contributed by atoms with E-state index in [9.17, 15) is 9.59 Å². The van der Waals surface area contributed by atoms with Gasteiger partial charge < -0.3 is 9.73 Å². The van der Waals surface area contributed by atoms with Gasteiger partial charge in [-0.15, -0.1) is 0 Å². The summed E-state index contributed by atoms with van der Waals surface area (Å²) in [5.41, 5.74) is 3.49. The number of carbonyl (C=O) groups is 2. The van der Waals surface area contributed by atoms with Crippen LogP contribution in [0, 0.1) is 13.8 Å². The minimum Gasteiger partial charge on any atom is -0.463 e. The van der Waals surface area contributed by atoms with Gasteiger partial charge in [-0.2, -0.15) is 5.10 Å². The van der Waals surface area contributed by atoms with Crippen molar-refractivity contribution < 1.29 is 14.0 Å². The summed E-state index contributed by atoms with van der Waals surface area (Å²) in [5, 5.41) is 7.63. The average molecular weight is 455 g/mol. The number of nitrogens with zero attached hydrogens (tertiary/aromatic N) is 3. The topological polar surface area (TPSA) is 80.4 Å². The molecule has 0 bridgehead atoms. The van der Waals surface area contributed by atoms with Crippen LogP contribution in [0.3, 0.4) is 0 Å². The Morgan fingerprint density at radius 3 is 2.47 bits per heavy atom. The highest BCUT2D eigenvalue weighted by Crippen LogP contribution is 2.35. The van der Waals surface area contributed by atoms with Gasteiger partial charge in [0.15, 0.2) is 5.76 Å². The van der Waals surface area contributed by atoms with Crippen LogP contribution >= 0.6 is 0 Å². The van der Waals surface area contributed by atoms with E-state index in [0.29, 0.717) is 29.4 Å². The summed E-state index contributed by atoms with van der Waals surface area (Å²) in [6.07, 6.45) is 1.57. The van der Waals surface area contributed by atoms with Crippen LogP contribution < -0.4 is 10.2 Å². The molecule has 34 heavy (non-hydrogen) atoms. The highest BCUT2D eigenvalue weighted by atomic mass is 16.3. The molecular weight excluding hydrogens is 428 g/mol. The minimum atomic E-state index is -1.19. The highest BCUT2D eigenvalue weighted by Gasteiger charge is 2.49. The first-order valence-corrected chi connectivity index (χ1v) is 11.2. The fourth-order valence-corrected chi connectivity index (χ4v) is 4.58. The zero-order chi connectivity index (χ0) is 23.9. The van der Waals surface area contributed by atoms with E-state index in [1.165, 1.54) is 0 Å². The number of furan rings is 1. The first-order valence-electron chi connectivity index (χ1n) is 11.2. The molecule has 2 aromatic carbocycles. The summed E-state index contributed by atoms with van der Waals surface area (Å²) in [7, 11) is 0. The second kappa shape index (κ2) is 8.33. The molecule has 0 saturated carbocycles. The summed E-state index contributed by atoms with van der Waals surface area (Å²) in [5.74, 6) is 0.0476. The number of fused-ring (bicyclic) bond motifs is 1. The maximum Gasteiger partial charge on any atom is 0.277 e. The maximum atomic E-state index is 13.9. The fourth-order valence-electron chi connectivity index (χ4n) is 4.58. The lowest BCUT2D eigenvalue weighted by atomic mass is 9.93. The van der Waals surface area contributed by atoms with Crippen molar-refractivity contribution in [2.45, 2.75) is 39.4 Å². The van der Waals surface area contributed by atoms with E-state index in [0.717, 1.165) is 16.7 Å². The lowest BCUT2D eigenvalue weighted by Crippen LogP contribution is -2.64. The van der Waals surface area contributed by atoms with E-state index in [1.807, 2.05) is 62.4 Å². The molecule has 2 aromatic heterocycles. The van der Waals surface area contributed by atoms with Crippen molar-refractivity contribution in [3.63, 3.8) is 0 Å². The second-order valence-electron chi connectivity index (χ2n) is 8.98. The summed E-state index contributed by atoms with van der Waals surface area (Å²) in [6, 6.07) is 20.9. The Hall–Kier alpha value is -4.13. The van der Waals surface area contributed by atoms with Crippen LogP contribution in [0.1, 0.15) is 34.1 Å². The van der Waals surface area contributed by atoms with Gasteiger partial charge in [-0.1, -0.05) is 36.4 Å². The molecule has 0 unspecified atom stereocenters. The van der Waals surface area contributed by atoms with Gasteiger partial charge in [-0.25, -0.2) is 0 Å². The molecule has 0 aliphatic carbocycles. The number of aryl methyl sites for hydroxylation is 2. The first kappa shape index (κ1) is 21.7. The predicted octanol–water partition coefficient (Wildman–Crippen LogP) is 4.50. The van der Waals surface area contributed by atoms with Crippen LogP contribution in [0.25, 0.3) is 11.5 Å². The molecule has 2 amide bonds. The Labute approximate surface area is 198 Å². The third kappa shape index (κ3) is 3.79. The highest BCUT2D eigenvalue weighted by molar-refractivity contribution is 6.12. The van der Waals surface area contributed by atoms with Gasteiger partial charge >= 0.3 is 0 Å². The van der Waals surface area contributed by atoms with Crippen molar-refractivity contribution in [3.8, 4) is 11.5 Å². The quantitative estimate of drug-likeness (QED) is 0.482. The molecule has 0 radical (unpaired) electrons. The van der Waals surface area contributed by atoms with Crippen molar-refractivity contribution in [2.75, 3.05) is 4.90 Å². The predicted molar refractivity (Wildman–Crippen MR) is 129 cm³/mol. The van der Waals surface area contributed by atoms with E-state index in [-0.39, 0.29) is 18.4 Å². The number of hydrogen-bond acceptors (Lipinski definition) is 4. The number of anilines is 1. The smallest absolute Gasteiger partial charge is 0.277 e. The van der Waals surface area contributed by atoms with Crippen molar-refractivity contribution in [1.29, 1.82) is 0 Å². The number of amides is 2. The molecule has 7 heteroatoms. The van der Waals surface area contributed by atoms with E-state index >= 15 is 0 Å². The Balaban J connectivity index is 1.57. The van der Waals surface area contributed by atoms with Gasteiger partial charge in [0.25, 0.3) is 5.91 Å². The van der Waals surface area contributed by atoms with Crippen LogP contribution in [0.15, 0.2) is 77.4 Å². The third-order valence-electron chi connectivity index (χ3n) is 6.18. The first-order chi connectivity index (χ1) is 16.3. The molecular formula is C27H26N4O3. The molecule has 0 saturated heterocycles. The lowest BCUT2D eigenvalue weighted by molar-refractivity contribution is -0.126. The second-order valence-corrected chi connectivity index (χ2v) is 8.98. The standard InChI is InChI=1S/C27H26N4O3/c1-18-12-19(2)14-21(13-18)31-25(32)23-15-22(24-10-7-11-34-24)29-30(23)17-27(31,3)26(33)28-16-20-8-5-4-6-9-20/h4-15H,16-17H2,1-3H3,(H,28,33)/t27-/m0/s1. The van der Waals surface area contributed by atoms with Crippen LogP contribution in [0.2, 0.25) is 0 Å².